The van der Waals surface area contributed by atoms with E-state index in [-0.39, 0.29) is 11.5 Å². The van der Waals surface area contributed by atoms with Gasteiger partial charge < -0.3 is 10.0 Å². The van der Waals surface area contributed by atoms with Crippen molar-refractivity contribution < 1.29 is 18.1 Å². The van der Waals surface area contributed by atoms with E-state index in [0.29, 0.717) is 17.8 Å². The molecule has 6 nitrogen and oxygen atoms in total. The number of thiophene rings is 2. The summed E-state index contributed by atoms with van der Waals surface area (Å²) in [5, 5.41) is 13.2. The molecule has 0 unspecified atom stereocenters. The number of likely N-dealkylation sites (N-methyl/N-ethyl adjacent to an activating group) is 1. The molecule has 0 fully saturated rings. The summed E-state index contributed by atoms with van der Waals surface area (Å²) < 4.78 is 31.7. The van der Waals surface area contributed by atoms with Crippen molar-refractivity contribution in [2.45, 2.75) is 18.0 Å². The van der Waals surface area contributed by atoms with E-state index >= 15 is 0 Å². The molecule has 3 heterocycles. The summed E-state index contributed by atoms with van der Waals surface area (Å²) in [6, 6.07) is 10.1. The van der Waals surface area contributed by atoms with E-state index in [4.69, 9.17) is 11.1 Å². The molecule has 0 aliphatic carbocycles. The molecule has 0 bridgehead atoms. The fourth-order valence-electron chi connectivity index (χ4n) is 3.83. The summed E-state index contributed by atoms with van der Waals surface area (Å²) >= 11 is 3.42. The van der Waals surface area contributed by atoms with Gasteiger partial charge in [-0.15, -0.1) is 22.7 Å². The first kappa shape index (κ1) is 22.9. The highest BCUT2D eigenvalue weighted by atomic mass is 32.2. The first-order valence-electron chi connectivity index (χ1n) is 9.84. The molecule has 2 N–H and O–H groups in total. The predicted molar refractivity (Wildman–Crippen MR) is 135 cm³/mol. The summed E-state index contributed by atoms with van der Waals surface area (Å²) in [5.74, 6) is 0. The number of aliphatic hydroxyl groups excluding tert-OH is 1. The van der Waals surface area contributed by atoms with E-state index in [9.17, 15) is 13.5 Å². The molecule has 0 spiro atoms. The largest absolute Gasteiger partial charge is 0.395 e. The second-order valence-corrected chi connectivity index (χ2v) is 16.0. The number of anilines is 1. The highest BCUT2D eigenvalue weighted by molar-refractivity contribution is 7.85. The molecular weight excluding hydrogens is 481 g/mol. The number of hydrogen-bond acceptors (Lipinski definition) is 6. The maximum absolute atomic E-state index is 11.3. The number of rotatable bonds is 6. The van der Waals surface area contributed by atoms with Crippen LogP contribution >= 0.6 is 22.7 Å². The molecule has 32 heavy (non-hydrogen) atoms. The molecule has 1 aromatic carbocycles. The van der Waals surface area contributed by atoms with Gasteiger partial charge in [0.15, 0.2) is 5.70 Å². The lowest BCUT2D eigenvalue weighted by molar-refractivity contribution is 0.304. The van der Waals surface area contributed by atoms with Gasteiger partial charge in [-0.05, 0) is 46.3 Å². The molecular formula is C22H22N2O4S3Si. The fourth-order valence-corrected chi connectivity index (χ4v) is 11.4. The molecule has 0 saturated carbocycles. The van der Waals surface area contributed by atoms with Crippen LogP contribution in [0.25, 0.3) is 26.4 Å². The van der Waals surface area contributed by atoms with Crippen molar-refractivity contribution >= 4 is 68.0 Å². The summed E-state index contributed by atoms with van der Waals surface area (Å²) in [4.78, 5) is 9.08. The minimum absolute atomic E-state index is 0.115. The topological polar surface area (TPSA) is 82.2 Å². The molecule has 166 valence electrons. The zero-order valence-corrected chi connectivity index (χ0v) is 21.2. The number of fused-ring (bicyclic) bond motifs is 3. The monoisotopic (exact) mass is 502 g/mol. The zero-order valence-electron chi connectivity index (χ0n) is 17.8. The summed E-state index contributed by atoms with van der Waals surface area (Å²) in [6.07, 6.45) is 1.84. The highest BCUT2D eigenvalue weighted by Crippen LogP contribution is 2.42. The molecule has 0 atom stereocenters. The van der Waals surface area contributed by atoms with Crippen molar-refractivity contribution in [3.05, 3.63) is 58.3 Å². The Morgan fingerprint density at radius 1 is 1.16 bits per heavy atom. The van der Waals surface area contributed by atoms with Crippen LogP contribution in [0, 0.1) is 6.57 Å². The molecule has 2 aromatic heterocycles. The molecule has 1 aliphatic heterocycles. The third kappa shape index (κ3) is 3.96. The molecule has 0 saturated heterocycles. The van der Waals surface area contributed by atoms with Crippen molar-refractivity contribution in [1.29, 1.82) is 0 Å². The Bertz CT molecular complexity index is 1360. The summed E-state index contributed by atoms with van der Waals surface area (Å²) in [6.45, 7) is 13.0. The molecule has 4 rings (SSSR count). The second kappa shape index (κ2) is 8.26. The SMILES string of the molecule is [C-]#[N+]/C(=C\c1cc2c(s1)-c1sc(N(C)CCO)cc1[Si]2(C)C)c1ccc(S(=O)(=O)O)cc1. The van der Waals surface area contributed by atoms with E-state index in [1.165, 1.54) is 44.4 Å². The van der Waals surface area contributed by atoms with Crippen LogP contribution in [0.2, 0.25) is 13.1 Å². The standard InChI is InChI=1S/C22H22N2O4S3Si/c1-23-17(14-5-7-16(8-6-14)31(26,27)28)11-15-12-18-21(29-15)22-19(32(18,3)4)13-20(30-22)24(2)9-10-25/h5-8,11-13,25H,9-10H2,2-4H3,(H,26,27,28)/b17-11-. The predicted octanol–water partition coefficient (Wildman–Crippen LogP) is 3.71. The van der Waals surface area contributed by atoms with Crippen molar-refractivity contribution in [3.63, 3.8) is 0 Å². The van der Waals surface area contributed by atoms with Crippen LogP contribution in [-0.4, -0.2) is 46.4 Å². The number of hydrogen-bond donors (Lipinski definition) is 2. The minimum Gasteiger partial charge on any atom is -0.395 e. The Balaban J connectivity index is 1.71. The normalized spacial score (nSPS) is 14.7. The van der Waals surface area contributed by atoms with Crippen molar-refractivity contribution in [2.24, 2.45) is 0 Å². The van der Waals surface area contributed by atoms with Crippen molar-refractivity contribution in [2.75, 3.05) is 25.1 Å². The average Bonchev–Trinajstić information content (AvgIpc) is 3.40. The maximum Gasteiger partial charge on any atom is 0.294 e. The number of nitrogens with zero attached hydrogens (tertiary/aromatic N) is 2. The van der Waals surface area contributed by atoms with E-state index in [0.717, 1.165) is 9.88 Å². The minimum atomic E-state index is -4.26. The van der Waals surface area contributed by atoms with Crippen LogP contribution in [0.15, 0.2) is 41.3 Å². The third-order valence-electron chi connectivity index (χ3n) is 5.68. The van der Waals surface area contributed by atoms with Crippen LogP contribution in [-0.2, 0) is 10.1 Å². The van der Waals surface area contributed by atoms with Gasteiger partial charge in [0.25, 0.3) is 10.1 Å². The van der Waals surface area contributed by atoms with E-state index in [1.807, 2.05) is 13.1 Å². The second-order valence-electron chi connectivity index (χ2n) is 8.13. The third-order valence-corrected chi connectivity index (χ3v) is 12.9. The van der Waals surface area contributed by atoms with Crippen LogP contribution in [0.4, 0.5) is 5.00 Å². The van der Waals surface area contributed by atoms with Crippen LogP contribution in [0.5, 0.6) is 0 Å². The lowest BCUT2D eigenvalue weighted by atomic mass is 10.1. The smallest absolute Gasteiger partial charge is 0.294 e. The summed E-state index contributed by atoms with van der Waals surface area (Å²) in [7, 11) is -4.12. The Morgan fingerprint density at radius 2 is 1.78 bits per heavy atom. The molecule has 10 heteroatoms. The number of benzene rings is 1. The van der Waals surface area contributed by atoms with E-state index in [2.05, 4.69) is 35.0 Å². The van der Waals surface area contributed by atoms with Crippen LogP contribution < -0.4 is 15.3 Å². The first-order chi connectivity index (χ1) is 15.1. The van der Waals surface area contributed by atoms with Gasteiger partial charge in [0.05, 0.1) is 23.1 Å². The lowest BCUT2D eigenvalue weighted by Gasteiger charge is -2.18. The fraction of sp³-hybridized carbons (Fsp3) is 0.227. The zero-order chi connectivity index (χ0) is 23.3. The Morgan fingerprint density at radius 3 is 2.38 bits per heavy atom. The van der Waals surface area contributed by atoms with Gasteiger partial charge in [-0.1, -0.05) is 25.2 Å². The Kier molecular flexibility index (Phi) is 5.91. The van der Waals surface area contributed by atoms with Crippen molar-refractivity contribution in [1.82, 2.24) is 0 Å². The molecule has 3 aromatic rings. The molecule has 1 aliphatic rings. The maximum atomic E-state index is 11.3. The molecule has 0 radical (unpaired) electrons. The highest BCUT2D eigenvalue weighted by Gasteiger charge is 2.41. The average molecular weight is 503 g/mol. The van der Waals surface area contributed by atoms with E-state index in [1.54, 1.807) is 22.7 Å². The van der Waals surface area contributed by atoms with Gasteiger partial charge >= 0.3 is 0 Å². The van der Waals surface area contributed by atoms with Gasteiger partial charge in [0.2, 0.25) is 0 Å². The quantitative estimate of drug-likeness (QED) is 0.305. The van der Waals surface area contributed by atoms with Gasteiger partial charge in [0.1, 0.15) is 8.07 Å². The summed E-state index contributed by atoms with van der Waals surface area (Å²) in [5.41, 5.74) is 1.02. The van der Waals surface area contributed by atoms with Gasteiger partial charge in [-0.25, -0.2) is 4.85 Å². The lowest BCUT2D eigenvalue weighted by Crippen LogP contribution is -2.48. The van der Waals surface area contributed by atoms with Gasteiger partial charge in [-0.3, -0.25) is 4.55 Å². The van der Waals surface area contributed by atoms with Crippen LogP contribution in [0.3, 0.4) is 0 Å². The van der Waals surface area contributed by atoms with Gasteiger partial charge in [-0.2, -0.15) is 8.42 Å². The first-order valence-corrected chi connectivity index (χ1v) is 15.9. The Hall–Kier alpha value is -2.26. The molecule has 0 amide bonds. The van der Waals surface area contributed by atoms with Crippen LogP contribution in [0.1, 0.15) is 10.4 Å². The van der Waals surface area contributed by atoms with Gasteiger partial charge in [0, 0.05) is 28.2 Å². The number of aliphatic hydroxyl groups is 1. The Labute approximate surface area is 196 Å². The van der Waals surface area contributed by atoms with E-state index < -0.39 is 18.2 Å². The van der Waals surface area contributed by atoms with Crippen molar-refractivity contribution in [3.8, 4) is 9.75 Å².